The molecule has 2 aromatic carbocycles. The van der Waals surface area contributed by atoms with Crippen molar-refractivity contribution in [3.63, 3.8) is 0 Å². The van der Waals surface area contributed by atoms with E-state index in [-0.39, 0.29) is 12.3 Å². The predicted molar refractivity (Wildman–Crippen MR) is 112 cm³/mol. The second-order valence-electron chi connectivity index (χ2n) is 6.96. The van der Waals surface area contributed by atoms with Crippen LogP contribution in [-0.2, 0) is 4.79 Å². The number of allylic oxidation sites excluding steroid dienone is 1. The normalized spacial score (nSPS) is 16.8. The van der Waals surface area contributed by atoms with Crippen molar-refractivity contribution in [2.75, 3.05) is 22.4 Å². The first-order valence-electron chi connectivity index (χ1n) is 9.14. The number of carboxylic acids is 1. The molecule has 1 saturated heterocycles. The minimum Gasteiger partial charge on any atom is -0.481 e. The van der Waals surface area contributed by atoms with Crippen LogP contribution in [-0.4, -0.2) is 29.1 Å². The number of carboxylic acid groups (broad SMARTS) is 1. The lowest BCUT2D eigenvalue weighted by Crippen LogP contribution is -2.27. The van der Waals surface area contributed by atoms with Crippen molar-refractivity contribution < 1.29 is 14.8 Å². The maximum atomic E-state index is 12.1. The molecule has 5 nitrogen and oxygen atoms in total. The molecule has 6 heteroatoms. The lowest BCUT2D eigenvalue weighted by molar-refractivity contribution is -0.136. The van der Waals surface area contributed by atoms with Crippen molar-refractivity contribution in [3.05, 3.63) is 72.1 Å². The number of carbonyl (C=O) groups is 1. The second kappa shape index (κ2) is 8.12. The van der Waals surface area contributed by atoms with Crippen molar-refractivity contribution in [3.8, 4) is 0 Å². The van der Waals surface area contributed by atoms with Crippen LogP contribution >= 0.6 is 7.79 Å². The molecule has 0 spiro atoms. The van der Waals surface area contributed by atoms with Crippen LogP contribution < -0.4 is 9.34 Å². The smallest absolute Gasteiger partial charge is 0.362 e. The molecule has 1 aliphatic rings. The third kappa shape index (κ3) is 4.00. The molecule has 27 heavy (non-hydrogen) atoms. The van der Waals surface area contributed by atoms with E-state index >= 15 is 0 Å². The van der Waals surface area contributed by atoms with Gasteiger partial charge in [-0.25, -0.2) is 0 Å². The molecule has 0 unspecified atom stereocenters. The first-order valence-corrected chi connectivity index (χ1v) is 10.8. The fourth-order valence-electron chi connectivity index (χ4n) is 3.49. The van der Waals surface area contributed by atoms with Gasteiger partial charge in [0.1, 0.15) is 6.42 Å². The highest BCUT2D eigenvalue weighted by atomic mass is 31.2. The van der Waals surface area contributed by atoms with Gasteiger partial charge >= 0.3 is 13.8 Å². The number of aliphatic carboxylic acids is 1. The molecule has 0 aromatic heterocycles. The van der Waals surface area contributed by atoms with Gasteiger partial charge in [-0.2, -0.15) is 14.2 Å². The fourth-order valence-corrected chi connectivity index (χ4v) is 6.87. The molecule has 2 aromatic rings. The SMILES string of the molecule is CC(C)/C=C(/CC(=O)O)[P+]1(O)N(c2ccccc2)CCN1c1ccccc1. The highest BCUT2D eigenvalue weighted by Crippen LogP contribution is 2.72. The number of benzene rings is 2. The molecular formula is C21H26N2O3P+. The van der Waals surface area contributed by atoms with E-state index in [0.29, 0.717) is 18.4 Å². The van der Waals surface area contributed by atoms with Crippen LogP contribution in [0.15, 0.2) is 72.1 Å². The first kappa shape index (κ1) is 19.4. The Balaban J connectivity index is 2.14. The zero-order valence-corrected chi connectivity index (χ0v) is 16.6. The van der Waals surface area contributed by atoms with Gasteiger partial charge in [-0.15, -0.1) is 0 Å². The summed E-state index contributed by atoms with van der Waals surface area (Å²) < 4.78 is 3.99. The van der Waals surface area contributed by atoms with E-state index in [1.807, 2.05) is 89.9 Å². The minimum atomic E-state index is -3.06. The molecule has 1 fully saturated rings. The Morgan fingerprint density at radius 2 is 1.44 bits per heavy atom. The van der Waals surface area contributed by atoms with Gasteiger partial charge in [-0.3, -0.25) is 4.79 Å². The average Bonchev–Trinajstić information content (AvgIpc) is 3.00. The number of anilines is 2. The van der Waals surface area contributed by atoms with Crippen molar-refractivity contribution >= 4 is 25.1 Å². The number of hydrogen-bond donors (Lipinski definition) is 2. The van der Waals surface area contributed by atoms with Gasteiger partial charge in [0, 0.05) is 0 Å². The van der Waals surface area contributed by atoms with E-state index in [2.05, 4.69) is 0 Å². The van der Waals surface area contributed by atoms with Gasteiger partial charge < -0.3 is 5.11 Å². The van der Waals surface area contributed by atoms with Crippen LogP contribution in [0.2, 0.25) is 0 Å². The molecule has 3 rings (SSSR count). The molecule has 0 atom stereocenters. The summed E-state index contributed by atoms with van der Waals surface area (Å²) >= 11 is 0. The maximum absolute atomic E-state index is 12.1. The number of nitrogens with zero attached hydrogens (tertiary/aromatic N) is 2. The van der Waals surface area contributed by atoms with Gasteiger partial charge in [-0.1, -0.05) is 50.2 Å². The Bertz CT molecular complexity index is 761. The molecule has 0 saturated carbocycles. The third-order valence-corrected chi connectivity index (χ3v) is 7.84. The van der Waals surface area contributed by atoms with Crippen LogP contribution in [0.1, 0.15) is 20.3 Å². The Morgan fingerprint density at radius 3 is 1.81 bits per heavy atom. The summed E-state index contributed by atoms with van der Waals surface area (Å²) in [4.78, 5) is 23.7. The molecule has 0 bridgehead atoms. The molecule has 0 amide bonds. The summed E-state index contributed by atoms with van der Waals surface area (Å²) in [6, 6.07) is 19.5. The van der Waals surface area contributed by atoms with Gasteiger partial charge in [0.05, 0.1) is 24.5 Å². The van der Waals surface area contributed by atoms with Crippen LogP contribution in [0.25, 0.3) is 0 Å². The lowest BCUT2D eigenvalue weighted by Gasteiger charge is -2.32. The van der Waals surface area contributed by atoms with E-state index in [1.165, 1.54) is 0 Å². The van der Waals surface area contributed by atoms with Gasteiger partial charge in [0.15, 0.2) is 5.31 Å². The molecule has 0 radical (unpaired) electrons. The summed E-state index contributed by atoms with van der Waals surface area (Å²) in [5.41, 5.74) is 1.82. The summed E-state index contributed by atoms with van der Waals surface area (Å²) in [6.45, 7) is 5.28. The molecule has 142 valence electrons. The van der Waals surface area contributed by atoms with Crippen molar-refractivity contribution in [1.82, 2.24) is 0 Å². The lowest BCUT2D eigenvalue weighted by atomic mass is 10.2. The average molecular weight is 385 g/mol. The maximum Gasteiger partial charge on any atom is 0.362 e. The number of hydrogen-bond acceptors (Lipinski definition) is 4. The molecular weight excluding hydrogens is 359 g/mol. The Labute approximate surface area is 161 Å². The van der Waals surface area contributed by atoms with Crippen molar-refractivity contribution in [1.29, 1.82) is 0 Å². The molecule has 1 aliphatic heterocycles. The van der Waals surface area contributed by atoms with E-state index < -0.39 is 13.8 Å². The minimum absolute atomic E-state index is 0.138. The standard InChI is InChI=1S/C21H25N2O3P/c1-17(2)15-20(16-21(24)25)27(26)22(18-9-5-3-6-10-18)13-14-23(27)19-11-7-4-8-12-19/h3-12,15,17,26H,13-14,16H2,1-2H3/p+1/b20-15-. The van der Waals surface area contributed by atoms with Crippen LogP contribution in [0.3, 0.4) is 0 Å². The third-order valence-electron chi connectivity index (χ3n) is 4.55. The fraction of sp³-hybridized carbons (Fsp3) is 0.286. The zero-order chi connectivity index (χ0) is 19.4. The van der Waals surface area contributed by atoms with E-state index in [1.54, 1.807) is 0 Å². The highest BCUT2D eigenvalue weighted by Gasteiger charge is 2.59. The second-order valence-corrected chi connectivity index (χ2v) is 9.64. The van der Waals surface area contributed by atoms with Crippen LogP contribution in [0.5, 0.6) is 0 Å². The molecule has 0 aliphatic carbocycles. The highest BCUT2D eigenvalue weighted by molar-refractivity contribution is 7.77. The van der Waals surface area contributed by atoms with Gasteiger partial charge in [0.25, 0.3) is 0 Å². The van der Waals surface area contributed by atoms with E-state index in [0.717, 1.165) is 11.4 Å². The summed E-state index contributed by atoms with van der Waals surface area (Å²) in [5, 5.41) is 10.1. The van der Waals surface area contributed by atoms with Crippen molar-refractivity contribution in [2.45, 2.75) is 20.3 Å². The summed E-state index contributed by atoms with van der Waals surface area (Å²) in [6.07, 6.45) is 1.74. The van der Waals surface area contributed by atoms with Gasteiger partial charge in [-0.05, 0) is 36.3 Å². The summed E-state index contributed by atoms with van der Waals surface area (Å²) in [5.74, 6) is -0.789. The topological polar surface area (TPSA) is 64.0 Å². The Morgan fingerprint density at radius 1 is 1.00 bits per heavy atom. The Hall–Kier alpha value is -2.36. The first-order chi connectivity index (χ1) is 12.9. The summed E-state index contributed by atoms with van der Waals surface area (Å²) in [7, 11) is -3.06. The zero-order valence-electron chi connectivity index (χ0n) is 15.7. The Kier molecular flexibility index (Phi) is 5.83. The largest absolute Gasteiger partial charge is 0.481 e. The monoisotopic (exact) mass is 385 g/mol. The molecule has 2 N–H and O–H groups in total. The molecule has 1 heterocycles. The predicted octanol–water partition coefficient (Wildman–Crippen LogP) is 4.78. The van der Waals surface area contributed by atoms with Gasteiger partial charge in [0.2, 0.25) is 0 Å². The van der Waals surface area contributed by atoms with E-state index in [4.69, 9.17) is 0 Å². The van der Waals surface area contributed by atoms with Crippen LogP contribution in [0.4, 0.5) is 11.4 Å². The van der Waals surface area contributed by atoms with E-state index in [9.17, 15) is 14.8 Å². The van der Waals surface area contributed by atoms with Crippen molar-refractivity contribution in [2.24, 2.45) is 5.92 Å². The quantitative estimate of drug-likeness (QED) is 0.701. The number of rotatable bonds is 6. The van der Waals surface area contributed by atoms with Crippen LogP contribution in [0, 0.1) is 5.92 Å². The number of para-hydroxylation sites is 2.